The quantitative estimate of drug-likeness (QED) is 0.495. The van der Waals surface area contributed by atoms with Crippen LogP contribution in [0.3, 0.4) is 0 Å². The molecule has 2 aliphatic heterocycles. The lowest BCUT2D eigenvalue weighted by molar-refractivity contribution is -0.120. The zero-order chi connectivity index (χ0) is 10.7. The molecule has 0 unspecified atom stereocenters. The molecule has 3 nitrogen and oxygen atoms in total. The van der Waals surface area contributed by atoms with Crippen molar-refractivity contribution in [2.24, 2.45) is 5.92 Å². The Labute approximate surface area is 91.4 Å². The molecule has 82 valence electrons. The van der Waals surface area contributed by atoms with Crippen LogP contribution in [-0.2, 0) is 4.79 Å². The molecule has 0 aromatic rings. The van der Waals surface area contributed by atoms with Crippen molar-refractivity contribution in [1.82, 2.24) is 10.0 Å². The SMILES string of the molecule is C#CC1CCN(N2CCC[C@H]2C=O)CC1. The first-order chi connectivity index (χ1) is 7.35. The molecule has 2 saturated heterocycles. The van der Waals surface area contributed by atoms with E-state index < -0.39 is 0 Å². The number of carbonyl (C=O) groups is 1. The zero-order valence-electron chi connectivity index (χ0n) is 9.06. The predicted molar refractivity (Wildman–Crippen MR) is 58.9 cm³/mol. The summed E-state index contributed by atoms with van der Waals surface area (Å²) >= 11 is 0. The fourth-order valence-corrected chi connectivity index (χ4v) is 2.56. The van der Waals surface area contributed by atoms with Crippen LogP contribution in [0.15, 0.2) is 0 Å². The summed E-state index contributed by atoms with van der Waals surface area (Å²) in [4.78, 5) is 10.9. The molecule has 0 N–H and O–H groups in total. The van der Waals surface area contributed by atoms with E-state index in [-0.39, 0.29) is 6.04 Å². The fourth-order valence-electron chi connectivity index (χ4n) is 2.56. The number of aldehydes is 1. The maximum atomic E-state index is 10.9. The lowest BCUT2D eigenvalue weighted by Gasteiger charge is -2.38. The van der Waals surface area contributed by atoms with Gasteiger partial charge in [0, 0.05) is 25.6 Å². The van der Waals surface area contributed by atoms with Crippen LogP contribution in [0, 0.1) is 18.3 Å². The fraction of sp³-hybridized carbons (Fsp3) is 0.750. The van der Waals surface area contributed by atoms with Crippen LogP contribution in [0.5, 0.6) is 0 Å². The normalized spacial score (nSPS) is 30.2. The Morgan fingerprint density at radius 3 is 2.53 bits per heavy atom. The standard InChI is InChI=1S/C12H18N2O/c1-2-11-5-8-13(9-6-11)14-7-3-4-12(14)10-15/h1,10-12H,3-9H2/t12-/m0/s1. The Morgan fingerprint density at radius 1 is 1.20 bits per heavy atom. The Hall–Kier alpha value is -0.850. The lowest BCUT2D eigenvalue weighted by Crippen LogP contribution is -2.49. The summed E-state index contributed by atoms with van der Waals surface area (Å²) in [6.45, 7) is 3.06. The van der Waals surface area contributed by atoms with Crippen molar-refractivity contribution in [3.63, 3.8) is 0 Å². The van der Waals surface area contributed by atoms with E-state index in [1.54, 1.807) is 0 Å². The minimum Gasteiger partial charge on any atom is -0.302 e. The third kappa shape index (κ3) is 2.22. The first-order valence-electron chi connectivity index (χ1n) is 5.78. The monoisotopic (exact) mass is 206 g/mol. The van der Waals surface area contributed by atoms with Crippen molar-refractivity contribution in [3.8, 4) is 12.3 Å². The van der Waals surface area contributed by atoms with Crippen LogP contribution < -0.4 is 0 Å². The van der Waals surface area contributed by atoms with E-state index in [0.717, 1.165) is 51.6 Å². The molecule has 15 heavy (non-hydrogen) atoms. The van der Waals surface area contributed by atoms with Gasteiger partial charge in [0.05, 0.1) is 6.04 Å². The van der Waals surface area contributed by atoms with E-state index in [1.165, 1.54) is 0 Å². The van der Waals surface area contributed by atoms with Gasteiger partial charge in [-0.1, -0.05) is 0 Å². The van der Waals surface area contributed by atoms with E-state index >= 15 is 0 Å². The van der Waals surface area contributed by atoms with Crippen molar-refractivity contribution in [2.45, 2.75) is 31.7 Å². The van der Waals surface area contributed by atoms with Gasteiger partial charge in [0.1, 0.15) is 6.29 Å². The Morgan fingerprint density at radius 2 is 1.93 bits per heavy atom. The number of rotatable bonds is 2. The van der Waals surface area contributed by atoms with Gasteiger partial charge in [-0.25, -0.2) is 10.0 Å². The van der Waals surface area contributed by atoms with Crippen LogP contribution in [-0.4, -0.2) is 42.0 Å². The molecule has 2 aliphatic rings. The molecule has 2 fully saturated rings. The highest BCUT2D eigenvalue weighted by molar-refractivity contribution is 5.57. The number of carbonyl (C=O) groups excluding carboxylic acids is 1. The largest absolute Gasteiger partial charge is 0.302 e. The van der Waals surface area contributed by atoms with E-state index in [0.29, 0.717) is 5.92 Å². The molecule has 2 heterocycles. The van der Waals surface area contributed by atoms with Crippen molar-refractivity contribution in [3.05, 3.63) is 0 Å². The first-order valence-corrected chi connectivity index (χ1v) is 5.78. The van der Waals surface area contributed by atoms with Crippen LogP contribution in [0.25, 0.3) is 0 Å². The second kappa shape index (κ2) is 4.78. The van der Waals surface area contributed by atoms with Crippen molar-refractivity contribution >= 4 is 6.29 Å². The third-order valence-corrected chi connectivity index (χ3v) is 3.50. The summed E-state index contributed by atoms with van der Waals surface area (Å²) in [6, 6.07) is 0.118. The zero-order valence-corrected chi connectivity index (χ0v) is 9.06. The van der Waals surface area contributed by atoms with Gasteiger partial charge in [0.15, 0.2) is 0 Å². The summed E-state index contributed by atoms with van der Waals surface area (Å²) in [7, 11) is 0. The van der Waals surface area contributed by atoms with Crippen LogP contribution >= 0.6 is 0 Å². The number of hydrazine groups is 1. The summed E-state index contributed by atoms with van der Waals surface area (Å²) in [5.41, 5.74) is 0. The van der Waals surface area contributed by atoms with E-state index in [9.17, 15) is 4.79 Å². The number of terminal acetylenes is 1. The Balaban J connectivity index is 1.90. The Kier molecular flexibility index (Phi) is 3.40. The van der Waals surface area contributed by atoms with E-state index in [2.05, 4.69) is 15.9 Å². The molecule has 0 aromatic carbocycles. The highest BCUT2D eigenvalue weighted by Crippen LogP contribution is 2.23. The predicted octanol–water partition coefficient (Wildman–Crippen LogP) is 0.910. The van der Waals surface area contributed by atoms with E-state index in [4.69, 9.17) is 6.42 Å². The summed E-state index contributed by atoms with van der Waals surface area (Å²) in [5, 5.41) is 4.56. The second-order valence-corrected chi connectivity index (χ2v) is 4.40. The highest BCUT2D eigenvalue weighted by Gasteiger charge is 2.31. The van der Waals surface area contributed by atoms with Crippen LogP contribution in [0.1, 0.15) is 25.7 Å². The number of hydrogen-bond acceptors (Lipinski definition) is 3. The van der Waals surface area contributed by atoms with Gasteiger partial charge in [-0.2, -0.15) is 0 Å². The lowest BCUT2D eigenvalue weighted by atomic mass is 9.99. The van der Waals surface area contributed by atoms with Gasteiger partial charge in [-0.05, 0) is 25.7 Å². The molecular formula is C12H18N2O. The molecule has 0 spiro atoms. The summed E-state index contributed by atoms with van der Waals surface area (Å²) in [5.74, 6) is 3.27. The van der Waals surface area contributed by atoms with Gasteiger partial charge in [-0.3, -0.25) is 0 Å². The second-order valence-electron chi connectivity index (χ2n) is 4.40. The van der Waals surface area contributed by atoms with Gasteiger partial charge in [-0.15, -0.1) is 12.3 Å². The van der Waals surface area contributed by atoms with E-state index in [1.807, 2.05) is 0 Å². The molecule has 2 rings (SSSR count). The molecular weight excluding hydrogens is 188 g/mol. The van der Waals surface area contributed by atoms with Crippen LogP contribution in [0.4, 0.5) is 0 Å². The van der Waals surface area contributed by atoms with Gasteiger partial charge in [0.2, 0.25) is 0 Å². The minimum atomic E-state index is 0.118. The molecule has 0 saturated carbocycles. The average Bonchev–Trinajstić information content (AvgIpc) is 2.77. The molecule has 0 bridgehead atoms. The van der Waals surface area contributed by atoms with Gasteiger partial charge >= 0.3 is 0 Å². The third-order valence-electron chi connectivity index (χ3n) is 3.50. The molecule has 3 heteroatoms. The first kappa shape index (κ1) is 10.7. The molecule has 0 aliphatic carbocycles. The summed E-state index contributed by atoms with van der Waals surface area (Å²) < 4.78 is 0. The molecule has 0 amide bonds. The topological polar surface area (TPSA) is 23.6 Å². The molecule has 0 radical (unpaired) electrons. The maximum absolute atomic E-state index is 10.9. The number of piperidine rings is 1. The van der Waals surface area contributed by atoms with Crippen LogP contribution in [0.2, 0.25) is 0 Å². The van der Waals surface area contributed by atoms with Crippen molar-refractivity contribution < 1.29 is 4.79 Å². The van der Waals surface area contributed by atoms with Crippen molar-refractivity contribution in [1.29, 1.82) is 0 Å². The van der Waals surface area contributed by atoms with Gasteiger partial charge in [0.25, 0.3) is 0 Å². The smallest absolute Gasteiger partial charge is 0.138 e. The molecule has 0 aromatic heterocycles. The number of nitrogens with zero attached hydrogens (tertiary/aromatic N) is 2. The van der Waals surface area contributed by atoms with Gasteiger partial charge < -0.3 is 4.79 Å². The van der Waals surface area contributed by atoms with Crippen molar-refractivity contribution in [2.75, 3.05) is 19.6 Å². The Bertz CT molecular complexity index is 263. The molecule has 1 atom stereocenters. The maximum Gasteiger partial charge on any atom is 0.138 e. The summed E-state index contributed by atoms with van der Waals surface area (Å²) in [6.07, 6.45) is 10.8. The average molecular weight is 206 g/mol. The number of hydrogen-bond donors (Lipinski definition) is 0. The highest BCUT2D eigenvalue weighted by atomic mass is 16.1. The minimum absolute atomic E-state index is 0.118.